The third-order valence-electron chi connectivity index (χ3n) is 0.839. The van der Waals surface area contributed by atoms with E-state index >= 15 is 0 Å². The van der Waals surface area contributed by atoms with Crippen LogP contribution in [-0.4, -0.2) is 33.4 Å². The molecule has 56 valence electrons. The van der Waals surface area contributed by atoms with Gasteiger partial charge >= 0.3 is 11.9 Å². The molecule has 0 aliphatic carbocycles. The first kappa shape index (κ1) is 8.64. The van der Waals surface area contributed by atoms with Gasteiger partial charge in [0, 0.05) is 0 Å². The summed E-state index contributed by atoms with van der Waals surface area (Å²) in [5, 5.41) is 24.6. The van der Waals surface area contributed by atoms with Crippen molar-refractivity contribution in [2.75, 3.05) is 0 Å². The molecule has 0 aromatic carbocycles. The summed E-state index contributed by atoms with van der Waals surface area (Å²) in [5.74, 6) is -3.14. The van der Waals surface area contributed by atoms with Crippen LogP contribution in [0.5, 0.6) is 0 Å². The molecule has 0 unspecified atom stereocenters. The van der Waals surface area contributed by atoms with Crippen molar-refractivity contribution in [2.24, 2.45) is 0 Å². The summed E-state index contributed by atoms with van der Waals surface area (Å²) in [6.45, 7) is 2.84. The second kappa shape index (κ2) is 2.98. The lowest BCUT2D eigenvalue weighted by molar-refractivity contribution is -0.147. The Morgan fingerprint density at radius 1 is 1.30 bits per heavy atom. The van der Waals surface area contributed by atoms with Crippen molar-refractivity contribution >= 4 is 11.9 Å². The number of aliphatic carboxylic acids is 2. The van der Waals surface area contributed by atoms with Crippen LogP contribution in [-0.2, 0) is 9.59 Å². The molecule has 0 amide bonds. The quantitative estimate of drug-likeness (QED) is 0.447. The zero-order chi connectivity index (χ0) is 8.31. The molecule has 0 saturated carbocycles. The molecule has 0 fully saturated rings. The Morgan fingerprint density at radius 2 is 1.70 bits per heavy atom. The summed E-state index contributed by atoms with van der Waals surface area (Å²) in [4.78, 5) is 19.8. The molecule has 0 aromatic rings. The summed E-state index contributed by atoms with van der Waals surface area (Å²) < 4.78 is 0. The van der Waals surface area contributed by atoms with Crippen LogP contribution in [0.3, 0.4) is 0 Å². The first-order valence-electron chi connectivity index (χ1n) is 2.29. The topological polar surface area (TPSA) is 94.8 Å². The van der Waals surface area contributed by atoms with Gasteiger partial charge in [-0.2, -0.15) is 0 Å². The summed E-state index contributed by atoms with van der Waals surface area (Å²) >= 11 is 0. The van der Waals surface area contributed by atoms with E-state index in [0.717, 1.165) is 0 Å². The standard InChI is InChI=1S/C5H6O5/c1-2(4(7)8)3(6)5(9)10/h3,6H,1H2,(H,7,8)(H,9,10)/t3-/m1/s1. The molecule has 0 aliphatic rings. The maximum Gasteiger partial charge on any atom is 0.337 e. The molecule has 0 bridgehead atoms. The number of carboxylic acid groups (broad SMARTS) is 2. The Labute approximate surface area is 56.2 Å². The van der Waals surface area contributed by atoms with Gasteiger partial charge in [0.2, 0.25) is 0 Å². The normalized spacial score (nSPS) is 12.1. The summed E-state index contributed by atoms with van der Waals surface area (Å²) in [6.07, 6.45) is -2.02. The SMILES string of the molecule is C=C(C(=O)O)[C@@H](O)C(=O)O. The fraction of sp³-hybridized carbons (Fsp3) is 0.200. The molecule has 5 nitrogen and oxygen atoms in total. The van der Waals surface area contributed by atoms with E-state index in [9.17, 15) is 9.59 Å². The second-order valence-corrected chi connectivity index (χ2v) is 1.57. The van der Waals surface area contributed by atoms with Gasteiger partial charge < -0.3 is 15.3 Å². The van der Waals surface area contributed by atoms with Gasteiger partial charge in [0.1, 0.15) is 0 Å². The highest BCUT2D eigenvalue weighted by molar-refractivity contribution is 5.94. The number of carboxylic acids is 2. The summed E-state index contributed by atoms with van der Waals surface area (Å²) in [7, 11) is 0. The summed E-state index contributed by atoms with van der Waals surface area (Å²) in [6, 6.07) is 0. The third kappa shape index (κ3) is 1.87. The van der Waals surface area contributed by atoms with Crippen molar-refractivity contribution in [3.8, 4) is 0 Å². The minimum atomic E-state index is -2.02. The van der Waals surface area contributed by atoms with Crippen molar-refractivity contribution < 1.29 is 24.9 Å². The molecule has 3 N–H and O–H groups in total. The van der Waals surface area contributed by atoms with Crippen LogP contribution in [0.2, 0.25) is 0 Å². The average Bonchev–Trinajstić information content (AvgIpc) is 1.84. The van der Waals surface area contributed by atoms with E-state index in [4.69, 9.17) is 15.3 Å². The number of carbonyl (C=O) groups is 2. The van der Waals surface area contributed by atoms with E-state index in [1.54, 1.807) is 0 Å². The lowest BCUT2D eigenvalue weighted by atomic mass is 10.2. The second-order valence-electron chi connectivity index (χ2n) is 1.57. The van der Waals surface area contributed by atoms with Gasteiger partial charge in [-0.1, -0.05) is 6.58 Å². The molecule has 10 heavy (non-hydrogen) atoms. The van der Waals surface area contributed by atoms with Crippen LogP contribution >= 0.6 is 0 Å². The Hall–Kier alpha value is -1.36. The molecule has 0 saturated heterocycles. The number of rotatable bonds is 3. The highest BCUT2D eigenvalue weighted by atomic mass is 16.4. The molecule has 0 heterocycles. The van der Waals surface area contributed by atoms with E-state index in [1.807, 2.05) is 0 Å². The van der Waals surface area contributed by atoms with E-state index in [0.29, 0.717) is 0 Å². The van der Waals surface area contributed by atoms with Gasteiger partial charge in [0.25, 0.3) is 0 Å². The van der Waals surface area contributed by atoms with Gasteiger partial charge in [0.05, 0.1) is 5.57 Å². The Kier molecular flexibility index (Phi) is 2.57. The van der Waals surface area contributed by atoms with Crippen molar-refractivity contribution in [3.63, 3.8) is 0 Å². The molecular weight excluding hydrogens is 140 g/mol. The number of aliphatic hydroxyl groups is 1. The third-order valence-corrected chi connectivity index (χ3v) is 0.839. The maximum absolute atomic E-state index is 9.92. The molecule has 0 aliphatic heterocycles. The fourth-order valence-electron chi connectivity index (χ4n) is 0.266. The van der Waals surface area contributed by atoms with Crippen molar-refractivity contribution in [3.05, 3.63) is 12.2 Å². The molecule has 0 aromatic heterocycles. The minimum Gasteiger partial charge on any atom is -0.479 e. The smallest absolute Gasteiger partial charge is 0.337 e. The molecule has 0 spiro atoms. The predicted molar refractivity (Wildman–Crippen MR) is 30.4 cm³/mol. The van der Waals surface area contributed by atoms with Crippen molar-refractivity contribution in [2.45, 2.75) is 6.10 Å². The van der Waals surface area contributed by atoms with Gasteiger partial charge in [-0.3, -0.25) is 0 Å². The number of aliphatic hydroxyl groups excluding tert-OH is 1. The number of hydrogen-bond acceptors (Lipinski definition) is 3. The zero-order valence-electron chi connectivity index (χ0n) is 4.94. The van der Waals surface area contributed by atoms with Crippen LogP contribution in [0, 0.1) is 0 Å². The zero-order valence-corrected chi connectivity index (χ0v) is 4.94. The van der Waals surface area contributed by atoms with Crippen molar-refractivity contribution in [1.29, 1.82) is 0 Å². The van der Waals surface area contributed by atoms with Crippen LogP contribution in [0.25, 0.3) is 0 Å². The van der Waals surface area contributed by atoms with Gasteiger partial charge in [-0.05, 0) is 0 Å². The van der Waals surface area contributed by atoms with Crippen LogP contribution < -0.4 is 0 Å². The van der Waals surface area contributed by atoms with Gasteiger partial charge in [-0.25, -0.2) is 9.59 Å². The summed E-state index contributed by atoms with van der Waals surface area (Å²) in [5.41, 5.74) is -0.743. The van der Waals surface area contributed by atoms with E-state index in [2.05, 4.69) is 6.58 Å². The highest BCUT2D eigenvalue weighted by Crippen LogP contribution is 1.98. The molecule has 1 atom stereocenters. The number of hydrogen-bond donors (Lipinski definition) is 3. The monoisotopic (exact) mass is 146 g/mol. The Balaban J connectivity index is 4.22. The average molecular weight is 146 g/mol. The van der Waals surface area contributed by atoms with Crippen LogP contribution in [0.1, 0.15) is 0 Å². The lowest BCUT2D eigenvalue weighted by Gasteiger charge is -2.02. The fourth-order valence-corrected chi connectivity index (χ4v) is 0.266. The largest absolute Gasteiger partial charge is 0.479 e. The molecular formula is C5H6O5. The molecule has 0 radical (unpaired) electrons. The first-order valence-corrected chi connectivity index (χ1v) is 2.29. The first-order chi connectivity index (χ1) is 4.46. The van der Waals surface area contributed by atoms with Gasteiger partial charge in [-0.15, -0.1) is 0 Å². The predicted octanol–water partition coefficient (Wildman–Crippen LogP) is -0.927. The van der Waals surface area contributed by atoms with Crippen molar-refractivity contribution in [1.82, 2.24) is 0 Å². The van der Waals surface area contributed by atoms with Gasteiger partial charge in [0.15, 0.2) is 6.10 Å². The Bertz CT molecular complexity index is 182. The minimum absolute atomic E-state index is 0.743. The van der Waals surface area contributed by atoms with Crippen LogP contribution in [0.15, 0.2) is 12.2 Å². The highest BCUT2D eigenvalue weighted by Gasteiger charge is 2.21. The lowest BCUT2D eigenvalue weighted by Crippen LogP contribution is -2.25. The molecule has 0 rings (SSSR count). The van der Waals surface area contributed by atoms with E-state index in [1.165, 1.54) is 0 Å². The Morgan fingerprint density at radius 3 is 1.80 bits per heavy atom. The van der Waals surface area contributed by atoms with E-state index < -0.39 is 23.6 Å². The van der Waals surface area contributed by atoms with E-state index in [-0.39, 0.29) is 0 Å². The molecule has 5 heteroatoms. The van der Waals surface area contributed by atoms with Crippen LogP contribution in [0.4, 0.5) is 0 Å². The maximum atomic E-state index is 9.92.